The van der Waals surface area contributed by atoms with Gasteiger partial charge in [-0.25, -0.2) is 9.59 Å². The number of urea groups is 1. The molecule has 0 aliphatic carbocycles. The van der Waals surface area contributed by atoms with E-state index in [1.165, 1.54) is 30.3 Å². The second-order valence-electron chi connectivity index (χ2n) is 9.73. The third-order valence-electron chi connectivity index (χ3n) is 7.62. The lowest BCUT2D eigenvalue weighted by molar-refractivity contribution is -0.171. The zero-order valence-electron chi connectivity index (χ0n) is 21.4. The van der Waals surface area contributed by atoms with E-state index in [2.05, 4.69) is 0 Å². The van der Waals surface area contributed by atoms with Crippen LogP contribution >= 0.6 is 0 Å². The Morgan fingerprint density at radius 2 is 1.59 bits per heavy atom. The third-order valence-corrected chi connectivity index (χ3v) is 7.62. The maximum Gasteiger partial charge on any atom is 0.432 e. The summed E-state index contributed by atoms with van der Waals surface area (Å²) in [6.45, 7) is 1.80. The van der Waals surface area contributed by atoms with Crippen LogP contribution in [0.2, 0.25) is 0 Å². The third kappa shape index (κ3) is 3.52. The highest BCUT2D eigenvalue weighted by atomic mass is 19.4. The molecule has 202 valence electrons. The molecule has 1 saturated heterocycles. The minimum absolute atomic E-state index is 0.111. The number of hydrogen-bond acceptors (Lipinski definition) is 6. The number of imide groups is 2. The Morgan fingerprint density at radius 1 is 0.974 bits per heavy atom. The molecule has 2 atom stereocenters. The van der Waals surface area contributed by atoms with Crippen molar-refractivity contribution in [1.29, 1.82) is 0 Å². The van der Waals surface area contributed by atoms with Crippen LogP contribution in [0.4, 0.5) is 18.0 Å². The van der Waals surface area contributed by atoms with Gasteiger partial charge in [-0.1, -0.05) is 54.1 Å². The van der Waals surface area contributed by atoms with Crippen molar-refractivity contribution < 1.29 is 37.1 Å². The van der Waals surface area contributed by atoms with Gasteiger partial charge in [-0.15, -0.1) is 0 Å². The summed E-state index contributed by atoms with van der Waals surface area (Å²) in [5.74, 6) is -5.14. The Kier molecular flexibility index (Phi) is 5.93. The number of methoxy groups -OCH3 is 1. The van der Waals surface area contributed by atoms with Crippen molar-refractivity contribution in [3.8, 4) is 0 Å². The van der Waals surface area contributed by atoms with E-state index in [1.54, 1.807) is 31.2 Å². The first-order chi connectivity index (χ1) is 18.4. The second-order valence-corrected chi connectivity index (χ2v) is 9.73. The van der Waals surface area contributed by atoms with Crippen molar-refractivity contribution in [3.63, 3.8) is 0 Å². The monoisotopic (exact) mass is 539 g/mol. The van der Waals surface area contributed by atoms with Gasteiger partial charge in [-0.2, -0.15) is 13.2 Å². The summed E-state index contributed by atoms with van der Waals surface area (Å²) >= 11 is 0. The largest absolute Gasteiger partial charge is 0.466 e. The molecule has 2 aromatic carbocycles. The van der Waals surface area contributed by atoms with Crippen LogP contribution in [0.5, 0.6) is 0 Å². The number of benzene rings is 2. The van der Waals surface area contributed by atoms with Crippen molar-refractivity contribution in [2.75, 3.05) is 21.2 Å². The zero-order chi connectivity index (χ0) is 28.4. The topological polar surface area (TPSA) is 87.2 Å². The molecule has 2 aromatic rings. The Morgan fingerprint density at radius 3 is 2.15 bits per heavy atom. The summed E-state index contributed by atoms with van der Waals surface area (Å²) in [6, 6.07) is 10.1. The minimum atomic E-state index is -5.09. The number of alkyl halides is 3. The Bertz CT molecular complexity index is 1460. The maximum absolute atomic E-state index is 15.0. The summed E-state index contributed by atoms with van der Waals surface area (Å²) in [6.07, 6.45) is -2.53. The average molecular weight is 540 g/mol. The molecule has 0 aromatic heterocycles. The number of fused-ring (bicyclic) bond motifs is 4. The average Bonchev–Trinajstić information content (AvgIpc) is 2.92. The van der Waals surface area contributed by atoms with Gasteiger partial charge in [0.1, 0.15) is 5.70 Å². The first-order valence-corrected chi connectivity index (χ1v) is 12.0. The molecule has 1 fully saturated rings. The van der Waals surface area contributed by atoms with Gasteiger partial charge in [-0.3, -0.25) is 19.4 Å². The van der Waals surface area contributed by atoms with Crippen LogP contribution in [-0.4, -0.2) is 65.9 Å². The van der Waals surface area contributed by atoms with Crippen molar-refractivity contribution in [1.82, 2.24) is 14.7 Å². The number of barbiturate groups is 1. The quantitative estimate of drug-likeness (QED) is 0.421. The molecule has 0 saturated carbocycles. The molecule has 0 bridgehead atoms. The van der Waals surface area contributed by atoms with Gasteiger partial charge < -0.3 is 9.64 Å². The lowest BCUT2D eigenvalue weighted by atomic mass is 9.57. The number of hydrogen-bond donors (Lipinski definition) is 0. The van der Waals surface area contributed by atoms with Crippen LogP contribution < -0.4 is 0 Å². The molecule has 8 nitrogen and oxygen atoms in total. The summed E-state index contributed by atoms with van der Waals surface area (Å²) in [5, 5.41) is 0. The van der Waals surface area contributed by atoms with E-state index in [0.29, 0.717) is 5.56 Å². The Hall–Kier alpha value is -4.41. The molecule has 3 aliphatic rings. The fraction of sp³-hybridized carbons (Fsp3) is 0.286. The van der Waals surface area contributed by atoms with Gasteiger partial charge in [0.2, 0.25) is 11.8 Å². The van der Waals surface area contributed by atoms with Gasteiger partial charge in [-0.05, 0) is 29.7 Å². The smallest absolute Gasteiger partial charge is 0.432 e. The highest BCUT2D eigenvalue weighted by molar-refractivity contribution is 6.21. The number of aryl methyl sites for hydroxylation is 1. The fourth-order valence-corrected chi connectivity index (χ4v) is 6.04. The summed E-state index contributed by atoms with van der Waals surface area (Å²) in [4.78, 5) is 57.0. The van der Waals surface area contributed by atoms with Crippen molar-refractivity contribution in [2.24, 2.45) is 5.41 Å². The van der Waals surface area contributed by atoms with Gasteiger partial charge >= 0.3 is 18.2 Å². The van der Waals surface area contributed by atoms with E-state index in [9.17, 15) is 32.3 Å². The molecular formula is C28H24F3N3O5. The van der Waals surface area contributed by atoms with Crippen LogP contribution in [0.3, 0.4) is 0 Å². The summed E-state index contributed by atoms with van der Waals surface area (Å²) in [7, 11) is 3.26. The molecule has 11 heteroatoms. The molecule has 39 heavy (non-hydrogen) atoms. The Balaban J connectivity index is 2.02. The summed E-state index contributed by atoms with van der Waals surface area (Å²) < 4.78 is 49.7. The number of amides is 4. The zero-order valence-corrected chi connectivity index (χ0v) is 21.4. The maximum atomic E-state index is 15.0. The van der Waals surface area contributed by atoms with E-state index in [4.69, 9.17) is 4.74 Å². The normalized spacial score (nSPS) is 22.3. The molecule has 0 N–H and O–H groups in total. The van der Waals surface area contributed by atoms with Gasteiger partial charge in [0.05, 0.1) is 18.7 Å². The lowest BCUT2D eigenvalue weighted by Gasteiger charge is -2.56. The predicted octanol–water partition coefficient (Wildman–Crippen LogP) is 4.15. The minimum Gasteiger partial charge on any atom is -0.466 e. The molecule has 3 aliphatic heterocycles. The highest BCUT2D eigenvalue weighted by Gasteiger charge is 2.71. The van der Waals surface area contributed by atoms with Gasteiger partial charge in [0.25, 0.3) is 0 Å². The van der Waals surface area contributed by atoms with Crippen LogP contribution in [0.15, 0.2) is 66.0 Å². The molecule has 0 unspecified atom stereocenters. The molecule has 5 rings (SSSR count). The van der Waals surface area contributed by atoms with Gasteiger partial charge in [0.15, 0.2) is 5.41 Å². The number of halogens is 3. The molecule has 4 amide bonds. The number of rotatable bonds is 2. The van der Waals surface area contributed by atoms with E-state index in [0.717, 1.165) is 47.7 Å². The summed E-state index contributed by atoms with van der Waals surface area (Å²) in [5.41, 5.74) is -2.93. The number of carbonyl (C=O) groups is 4. The number of esters is 1. The number of carbonyl (C=O) groups excluding carboxylic acids is 4. The van der Waals surface area contributed by atoms with Crippen LogP contribution in [0.1, 0.15) is 34.2 Å². The number of nitrogens with zero attached hydrogens (tertiary/aromatic N) is 3. The van der Waals surface area contributed by atoms with Crippen LogP contribution in [0, 0.1) is 12.3 Å². The van der Waals surface area contributed by atoms with Crippen molar-refractivity contribution >= 4 is 29.9 Å². The molecule has 0 radical (unpaired) electrons. The van der Waals surface area contributed by atoms with Crippen molar-refractivity contribution in [2.45, 2.75) is 25.1 Å². The van der Waals surface area contributed by atoms with E-state index in [-0.39, 0.29) is 11.1 Å². The first kappa shape index (κ1) is 26.2. The van der Waals surface area contributed by atoms with Crippen LogP contribution in [0.25, 0.3) is 6.08 Å². The van der Waals surface area contributed by atoms with Crippen LogP contribution in [-0.2, 0) is 19.1 Å². The number of allylic oxidation sites excluding steroid dienone is 1. The molecule has 3 heterocycles. The standard InChI is InChI=1S/C28H24F3N3O5/c1-15-10-11-18-17(14-15)12-13-34-21(18)27(24(36)32(2)26(38)33(3)25(27)37)20(16-8-6-5-7-9-16)19(23(35)39-4)22(34)28(29,30)31/h5-14,20-21H,1-4H3/t20-,21-/m0/s1. The van der Waals surface area contributed by atoms with E-state index >= 15 is 0 Å². The van der Waals surface area contributed by atoms with Crippen molar-refractivity contribution in [3.05, 3.63) is 88.3 Å². The van der Waals surface area contributed by atoms with E-state index < -0.39 is 58.6 Å². The second kappa shape index (κ2) is 8.82. The first-order valence-electron chi connectivity index (χ1n) is 12.0. The predicted molar refractivity (Wildman–Crippen MR) is 132 cm³/mol. The fourth-order valence-electron chi connectivity index (χ4n) is 6.04. The van der Waals surface area contributed by atoms with E-state index in [1.807, 2.05) is 0 Å². The van der Waals surface area contributed by atoms with Gasteiger partial charge in [0, 0.05) is 26.2 Å². The Labute approximate surface area is 221 Å². The lowest BCUT2D eigenvalue weighted by Crippen LogP contribution is -2.70. The highest BCUT2D eigenvalue weighted by Crippen LogP contribution is 2.63. The number of ether oxygens (including phenoxy) is 1. The molecule has 1 spiro atoms. The SMILES string of the molecule is COC(=O)C1=C(C(F)(F)F)N2C=Cc3cc(C)ccc3[C@H]2C2(C(=O)N(C)C(=O)N(C)C2=O)[C@H]1c1ccccc1. The molecular weight excluding hydrogens is 515 g/mol.